The second kappa shape index (κ2) is 10.4. The van der Waals surface area contributed by atoms with Gasteiger partial charge in [0.15, 0.2) is 0 Å². The molecule has 2 heterocycles. The van der Waals surface area contributed by atoms with Crippen LogP contribution in [0.25, 0.3) is 0 Å². The number of alkyl halides is 3. The van der Waals surface area contributed by atoms with Gasteiger partial charge in [0.25, 0.3) is 0 Å². The molecule has 1 atom stereocenters. The summed E-state index contributed by atoms with van der Waals surface area (Å²) in [5.74, 6) is -0.989. The van der Waals surface area contributed by atoms with E-state index in [1.807, 2.05) is 4.90 Å². The third kappa shape index (κ3) is 6.55. The van der Waals surface area contributed by atoms with Gasteiger partial charge in [-0.25, -0.2) is 9.59 Å². The maximum absolute atomic E-state index is 13.5. The maximum Gasteiger partial charge on any atom is 0.416 e. The fraction of sp³-hybridized carbons (Fsp3) is 0.667. The minimum absolute atomic E-state index is 0.00889. The van der Waals surface area contributed by atoms with Crippen LogP contribution in [0.1, 0.15) is 64.0 Å². The Bertz CT molecular complexity index is 876. The number of benzene rings is 1. The summed E-state index contributed by atoms with van der Waals surface area (Å²) >= 11 is 0. The van der Waals surface area contributed by atoms with Crippen LogP contribution in [-0.2, 0) is 25.5 Å². The minimum atomic E-state index is -4.47. The Hall–Kier alpha value is -2.49. The number of halogens is 3. The Kier molecular flexibility index (Phi) is 8.00. The first-order chi connectivity index (χ1) is 15.9. The van der Waals surface area contributed by atoms with Crippen molar-refractivity contribution >= 4 is 17.7 Å². The highest BCUT2D eigenvalue weighted by molar-refractivity contribution is 5.74. The largest absolute Gasteiger partial charge is 0.444 e. The molecule has 1 aromatic rings. The van der Waals surface area contributed by atoms with E-state index in [1.165, 1.54) is 12.1 Å². The fourth-order valence-corrected chi connectivity index (χ4v) is 4.40. The lowest BCUT2D eigenvalue weighted by Crippen LogP contribution is -2.41. The molecular weight excluding hydrogens is 453 g/mol. The molecule has 0 aliphatic carbocycles. The first kappa shape index (κ1) is 26.1. The highest BCUT2D eigenvalue weighted by Crippen LogP contribution is 2.41. The zero-order chi connectivity index (χ0) is 25.1. The summed E-state index contributed by atoms with van der Waals surface area (Å²) in [6.45, 7) is 8.96. The van der Waals surface area contributed by atoms with Crippen molar-refractivity contribution in [2.75, 3.05) is 37.7 Å². The highest BCUT2D eigenvalue weighted by atomic mass is 19.4. The topological polar surface area (TPSA) is 68.3 Å². The Morgan fingerprint density at radius 2 is 1.74 bits per heavy atom. The molecule has 0 N–H and O–H groups in total. The van der Waals surface area contributed by atoms with Gasteiger partial charge >= 0.3 is 18.2 Å². The van der Waals surface area contributed by atoms with Gasteiger partial charge < -0.3 is 14.5 Å². The Morgan fingerprint density at radius 1 is 1.06 bits per heavy atom. The molecule has 34 heavy (non-hydrogen) atoms. The van der Waals surface area contributed by atoms with E-state index in [9.17, 15) is 22.8 Å². The summed E-state index contributed by atoms with van der Waals surface area (Å²) in [6, 6.07) is 3.82. The van der Waals surface area contributed by atoms with Gasteiger partial charge in [0, 0.05) is 31.9 Å². The molecule has 3 rings (SSSR count). The quantitative estimate of drug-likeness (QED) is 0.424. The van der Waals surface area contributed by atoms with Gasteiger partial charge in [-0.2, -0.15) is 18.1 Å². The van der Waals surface area contributed by atoms with E-state index in [2.05, 4.69) is 0 Å². The van der Waals surface area contributed by atoms with E-state index < -0.39 is 29.2 Å². The summed E-state index contributed by atoms with van der Waals surface area (Å²) in [5, 5.41) is 0. The minimum Gasteiger partial charge on any atom is -0.444 e. The molecule has 1 amide bonds. The van der Waals surface area contributed by atoms with E-state index >= 15 is 0 Å². The molecule has 0 aromatic heterocycles. The van der Waals surface area contributed by atoms with E-state index in [4.69, 9.17) is 14.5 Å². The monoisotopic (exact) mass is 486 g/mol. The van der Waals surface area contributed by atoms with Crippen molar-refractivity contribution in [2.45, 2.75) is 64.7 Å². The molecule has 2 aliphatic rings. The number of piperidine rings is 1. The molecule has 190 valence electrons. The molecule has 2 aliphatic heterocycles. The molecule has 1 aromatic carbocycles. The van der Waals surface area contributed by atoms with Crippen molar-refractivity contribution in [3.63, 3.8) is 0 Å². The molecule has 10 heteroatoms. The van der Waals surface area contributed by atoms with E-state index in [0.29, 0.717) is 44.6 Å². The van der Waals surface area contributed by atoms with Gasteiger partial charge in [0.2, 0.25) is 0 Å². The van der Waals surface area contributed by atoms with Gasteiger partial charge in [-0.05, 0) is 70.6 Å². The molecule has 0 bridgehead atoms. The first-order valence-electron chi connectivity index (χ1n) is 11.7. The number of amides is 1. The Labute approximate surface area is 198 Å². The summed E-state index contributed by atoms with van der Waals surface area (Å²) in [7, 11) is 0. The van der Waals surface area contributed by atoms with Crippen LogP contribution in [0.3, 0.4) is 0 Å². The predicted molar refractivity (Wildman–Crippen MR) is 119 cm³/mol. The summed E-state index contributed by atoms with van der Waals surface area (Å²) < 4.78 is 45.9. The highest BCUT2D eigenvalue weighted by Gasteiger charge is 2.37. The molecule has 2 fully saturated rings. The van der Waals surface area contributed by atoms with Crippen molar-refractivity contribution in [3.05, 3.63) is 29.3 Å². The number of anilines is 1. The van der Waals surface area contributed by atoms with Crippen LogP contribution in [0.4, 0.5) is 23.7 Å². The summed E-state index contributed by atoms with van der Waals surface area (Å²) in [4.78, 5) is 37.5. The van der Waals surface area contributed by atoms with Crippen LogP contribution in [-0.4, -0.2) is 55.3 Å². The van der Waals surface area contributed by atoms with Crippen molar-refractivity contribution in [1.29, 1.82) is 0 Å². The Balaban J connectivity index is 1.77. The number of hydrogen-bond donors (Lipinski definition) is 0. The third-order valence-corrected chi connectivity index (χ3v) is 6.07. The molecule has 2 saturated heterocycles. The molecule has 7 nitrogen and oxygen atoms in total. The Morgan fingerprint density at radius 3 is 2.32 bits per heavy atom. The van der Waals surface area contributed by atoms with Gasteiger partial charge in [-0.3, -0.25) is 4.89 Å². The fourth-order valence-electron chi connectivity index (χ4n) is 4.40. The number of carbonyl (C=O) groups is 2. The number of likely N-dealkylation sites (tertiary alicyclic amines) is 1. The zero-order valence-corrected chi connectivity index (χ0v) is 20.1. The smallest absolute Gasteiger partial charge is 0.416 e. The third-order valence-electron chi connectivity index (χ3n) is 6.07. The second-order valence-electron chi connectivity index (χ2n) is 9.75. The number of ether oxygens (including phenoxy) is 1. The van der Waals surface area contributed by atoms with Crippen LogP contribution in [0.2, 0.25) is 0 Å². The lowest BCUT2D eigenvalue weighted by Gasteiger charge is -2.35. The van der Waals surface area contributed by atoms with E-state index in [-0.39, 0.29) is 25.2 Å². The normalized spacial score (nSPS) is 19.9. The lowest BCUT2D eigenvalue weighted by molar-refractivity contribution is -0.272. The van der Waals surface area contributed by atoms with Crippen LogP contribution in [0, 0.1) is 5.92 Å². The van der Waals surface area contributed by atoms with Gasteiger partial charge in [-0.15, -0.1) is 0 Å². The van der Waals surface area contributed by atoms with Crippen LogP contribution < -0.4 is 4.90 Å². The average Bonchev–Trinajstić information content (AvgIpc) is 3.26. The number of nitrogens with zero attached hydrogens (tertiary/aromatic N) is 2. The molecule has 0 saturated carbocycles. The van der Waals surface area contributed by atoms with Crippen molar-refractivity contribution < 1.29 is 37.3 Å². The molecule has 0 radical (unpaired) electrons. The number of hydrogen-bond acceptors (Lipinski definition) is 6. The van der Waals surface area contributed by atoms with Crippen molar-refractivity contribution in [2.24, 2.45) is 5.92 Å². The predicted octanol–water partition coefficient (Wildman–Crippen LogP) is 5.14. The summed E-state index contributed by atoms with van der Waals surface area (Å²) in [6.07, 6.45) is -3.16. The van der Waals surface area contributed by atoms with E-state index in [1.54, 1.807) is 32.6 Å². The maximum atomic E-state index is 13.5. The van der Waals surface area contributed by atoms with Crippen molar-refractivity contribution in [3.8, 4) is 0 Å². The molecule has 1 unspecified atom stereocenters. The second-order valence-corrected chi connectivity index (χ2v) is 9.75. The average molecular weight is 487 g/mol. The zero-order valence-electron chi connectivity index (χ0n) is 20.1. The van der Waals surface area contributed by atoms with E-state index in [0.717, 1.165) is 11.6 Å². The number of rotatable bonds is 5. The van der Waals surface area contributed by atoms with Gasteiger partial charge in [0.1, 0.15) is 5.60 Å². The lowest BCUT2D eigenvalue weighted by atomic mass is 9.87. The summed E-state index contributed by atoms with van der Waals surface area (Å²) in [5.41, 5.74) is -0.0323. The molecule has 0 spiro atoms. The van der Waals surface area contributed by atoms with Crippen LogP contribution >= 0.6 is 0 Å². The number of carbonyl (C=O) groups excluding carboxylic acids is 2. The molecular formula is C24H33F3N2O5. The van der Waals surface area contributed by atoms with Crippen LogP contribution in [0.5, 0.6) is 0 Å². The first-order valence-corrected chi connectivity index (χ1v) is 11.7. The van der Waals surface area contributed by atoms with Crippen molar-refractivity contribution in [1.82, 2.24) is 4.90 Å². The van der Waals surface area contributed by atoms with Gasteiger partial charge in [-0.1, -0.05) is 6.07 Å². The SMILES string of the molecule is CCOOC(=O)C1CCN(c2cc(C(F)(F)F)ccc2C2CCN(C(=O)OC(C)(C)C)CC2)C1. The van der Waals surface area contributed by atoms with Gasteiger partial charge in [0.05, 0.1) is 18.1 Å². The van der Waals surface area contributed by atoms with Crippen LogP contribution in [0.15, 0.2) is 18.2 Å². The standard InChI is InChI=1S/C24H33F3N2O5/c1-5-32-34-21(30)17-10-13-29(15-17)20-14-18(24(25,26)27)6-7-19(20)16-8-11-28(12-9-16)22(31)33-23(2,3)4/h6-7,14,16-17H,5,8-13,15H2,1-4H3.